The van der Waals surface area contributed by atoms with E-state index in [-0.39, 0.29) is 30.5 Å². The van der Waals surface area contributed by atoms with Crippen LogP contribution in [0.1, 0.15) is 25.3 Å². The number of carbonyl (C=O) groups is 1. The van der Waals surface area contributed by atoms with E-state index in [1.54, 1.807) is 0 Å². The van der Waals surface area contributed by atoms with Crippen LogP contribution >= 0.6 is 12.4 Å². The van der Waals surface area contributed by atoms with Crippen molar-refractivity contribution in [1.29, 1.82) is 0 Å². The lowest BCUT2D eigenvalue weighted by Crippen LogP contribution is -2.29. The molecule has 5 heteroatoms. The molecule has 3 N–H and O–H groups in total. The molecule has 0 spiro atoms. The van der Waals surface area contributed by atoms with Crippen molar-refractivity contribution in [3.05, 3.63) is 29.8 Å². The van der Waals surface area contributed by atoms with Gasteiger partial charge in [0.1, 0.15) is 6.10 Å². The Bertz CT molecular complexity index is 426. The maximum absolute atomic E-state index is 12.0. The van der Waals surface area contributed by atoms with Crippen molar-refractivity contribution in [3.8, 4) is 0 Å². The van der Waals surface area contributed by atoms with Crippen molar-refractivity contribution < 1.29 is 9.53 Å². The van der Waals surface area contributed by atoms with Crippen molar-refractivity contribution in [1.82, 2.24) is 0 Å². The third kappa shape index (κ3) is 4.20. The largest absolute Gasteiger partial charge is 0.364 e. The van der Waals surface area contributed by atoms with Gasteiger partial charge in [0.2, 0.25) is 0 Å². The zero-order chi connectivity index (χ0) is 13.0. The van der Waals surface area contributed by atoms with Gasteiger partial charge in [-0.05, 0) is 37.0 Å². The number of nitrogens with two attached hydrogens (primary N) is 1. The summed E-state index contributed by atoms with van der Waals surface area (Å²) in [6, 6.07) is 7.89. The van der Waals surface area contributed by atoms with E-state index in [9.17, 15) is 4.79 Å². The summed E-state index contributed by atoms with van der Waals surface area (Å²) in [6.07, 6.45) is 2.25. The predicted molar refractivity (Wildman–Crippen MR) is 78.6 cm³/mol. The molecule has 2 atom stereocenters. The van der Waals surface area contributed by atoms with Gasteiger partial charge < -0.3 is 15.8 Å². The average molecular weight is 285 g/mol. The van der Waals surface area contributed by atoms with Gasteiger partial charge in [0, 0.05) is 12.2 Å². The first-order valence-electron chi connectivity index (χ1n) is 6.48. The van der Waals surface area contributed by atoms with Crippen molar-refractivity contribution in [3.63, 3.8) is 0 Å². The summed E-state index contributed by atoms with van der Waals surface area (Å²) in [4.78, 5) is 12.0. The van der Waals surface area contributed by atoms with Crippen LogP contribution in [0.15, 0.2) is 24.3 Å². The topological polar surface area (TPSA) is 64.4 Å². The van der Waals surface area contributed by atoms with Gasteiger partial charge in [0.15, 0.2) is 0 Å². The number of ether oxygens (including phenoxy) is 1. The fourth-order valence-corrected chi connectivity index (χ4v) is 2.16. The summed E-state index contributed by atoms with van der Waals surface area (Å²) < 4.78 is 5.56. The van der Waals surface area contributed by atoms with Gasteiger partial charge in [-0.2, -0.15) is 0 Å². The molecule has 1 aromatic rings. The zero-order valence-electron chi connectivity index (χ0n) is 11.1. The van der Waals surface area contributed by atoms with Gasteiger partial charge in [0.05, 0.1) is 6.10 Å². The van der Waals surface area contributed by atoms with Gasteiger partial charge in [-0.3, -0.25) is 4.79 Å². The minimum atomic E-state index is -0.358. The van der Waals surface area contributed by atoms with E-state index in [4.69, 9.17) is 10.5 Å². The van der Waals surface area contributed by atoms with E-state index in [2.05, 4.69) is 12.2 Å². The Morgan fingerprint density at radius 2 is 2.26 bits per heavy atom. The molecular weight excluding hydrogens is 264 g/mol. The highest BCUT2D eigenvalue weighted by atomic mass is 35.5. The molecular formula is C14H21ClN2O2. The first-order valence-corrected chi connectivity index (χ1v) is 6.48. The highest BCUT2D eigenvalue weighted by Gasteiger charge is 2.29. The van der Waals surface area contributed by atoms with Crippen LogP contribution in [0.4, 0.5) is 5.69 Å². The summed E-state index contributed by atoms with van der Waals surface area (Å²) in [7, 11) is 0. The molecule has 106 valence electrons. The summed E-state index contributed by atoms with van der Waals surface area (Å²) in [5.74, 6) is -0.0702. The molecule has 1 heterocycles. The molecule has 19 heavy (non-hydrogen) atoms. The highest BCUT2D eigenvalue weighted by Crippen LogP contribution is 2.20. The molecule has 0 saturated carbocycles. The van der Waals surface area contributed by atoms with Crippen LogP contribution in [-0.2, 0) is 16.0 Å². The molecule has 1 saturated heterocycles. The first kappa shape index (κ1) is 16.0. The standard InChI is InChI=1S/C14H20N2O2.ClH/c1-2-10-4-3-5-11(8-10)16-14(17)13-7-6-12(9-15)18-13;/h3-5,8,12-13H,2,6-7,9,15H2,1H3,(H,16,17);1H/t12-,13+;/m1./s1. The number of rotatable bonds is 4. The molecule has 1 aliphatic heterocycles. The van der Waals surface area contributed by atoms with Crippen molar-refractivity contribution >= 4 is 24.0 Å². The van der Waals surface area contributed by atoms with Gasteiger partial charge >= 0.3 is 0 Å². The molecule has 0 radical (unpaired) electrons. The number of hydrogen-bond donors (Lipinski definition) is 2. The lowest BCUT2D eigenvalue weighted by atomic mass is 10.1. The van der Waals surface area contributed by atoms with E-state index in [1.807, 2.05) is 24.3 Å². The van der Waals surface area contributed by atoms with Crippen LogP contribution < -0.4 is 11.1 Å². The quantitative estimate of drug-likeness (QED) is 0.890. The normalized spacial score (nSPS) is 21.8. The Labute approximate surface area is 120 Å². The molecule has 0 aromatic heterocycles. The lowest BCUT2D eigenvalue weighted by Gasteiger charge is -2.13. The minimum Gasteiger partial charge on any atom is -0.364 e. The molecule has 1 fully saturated rings. The van der Waals surface area contributed by atoms with Gasteiger partial charge in [-0.1, -0.05) is 19.1 Å². The maximum atomic E-state index is 12.0. The van der Waals surface area contributed by atoms with E-state index >= 15 is 0 Å². The van der Waals surface area contributed by atoms with Crippen LogP contribution in [-0.4, -0.2) is 24.7 Å². The first-order chi connectivity index (χ1) is 8.72. The zero-order valence-corrected chi connectivity index (χ0v) is 11.9. The molecule has 0 aliphatic carbocycles. The van der Waals surface area contributed by atoms with E-state index in [0.29, 0.717) is 6.54 Å². The number of nitrogens with one attached hydrogen (secondary N) is 1. The molecule has 2 rings (SSSR count). The van der Waals surface area contributed by atoms with Crippen molar-refractivity contribution in [2.24, 2.45) is 5.73 Å². The molecule has 1 amide bonds. The van der Waals surface area contributed by atoms with Crippen molar-refractivity contribution in [2.75, 3.05) is 11.9 Å². The number of anilines is 1. The number of hydrogen-bond acceptors (Lipinski definition) is 3. The molecule has 0 unspecified atom stereocenters. The predicted octanol–water partition coefficient (Wildman–Crippen LogP) is 2.12. The monoisotopic (exact) mass is 284 g/mol. The number of halogens is 1. The van der Waals surface area contributed by atoms with Gasteiger partial charge in [-0.15, -0.1) is 12.4 Å². The van der Waals surface area contributed by atoms with Crippen LogP contribution in [0.2, 0.25) is 0 Å². The second-order valence-electron chi connectivity index (χ2n) is 4.60. The second-order valence-corrected chi connectivity index (χ2v) is 4.60. The summed E-state index contributed by atoms with van der Waals surface area (Å²) >= 11 is 0. The van der Waals surface area contributed by atoms with Crippen LogP contribution in [0.5, 0.6) is 0 Å². The Morgan fingerprint density at radius 3 is 2.89 bits per heavy atom. The van der Waals surface area contributed by atoms with Crippen LogP contribution in [0, 0.1) is 0 Å². The Hall–Kier alpha value is -1.10. The van der Waals surface area contributed by atoms with E-state index in [1.165, 1.54) is 5.56 Å². The van der Waals surface area contributed by atoms with Crippen molar-refractivity contribution in [2.45, 2.75) is 38.4 Å². The van der Waals surface area contributed by atoms with Crippen LogP contribution in [0.3, 0.4) is 0 Å². The fourth-order valence-electron chi connectivity index (χ4n) is 2.16. The maximum Gasteiger partial charge on any atom is 0.253 e. The van der Waals surface area contributed by atoms with Gasteiger partial charge in [-0.25, -0.2) is 0 Å². The molecule has 1 aliphatic rings. The number of carbonyl (C=O) groups excluding carboxylic acids is 1. The SMILES string of the molecule is CCc1cccc(NC(=O)[C@@H]2CC[C@H](CN)O2)c1.Cl. The Morgan fingerprint density at radius 1 is 1.47 bits per heavy atom. The highest BCUT2D eigenvalue weighted by molar-refractivity contribution is 5.94. The van der Waals surface area contributed by atoms with E-state index in [0.717, 1.165) is 24.9 Å². The third-order valence-electron chi connectivity index (χ3n) is 3.27. The van der Waals surface area contributed by atoms with Gasteiger partial charge in [0.25, 0.3) is 5.91 Å². The fraction of sp³-hybridized carbons (Fsp3) is 0.500. The molecule has 0 bridgehead atoms. The smallest absolute Gasteiger partial charge is 0.253 e. The number of benzene rings is 1. The van der Waals surface area contributed by atoms with E-state index < -0.39 is 0 Å². The summed E-state index contributed by atoms with van der Waals surface area (Å²) in [6.45, 7) is 2.57. The molecule has 1 aromatic carbocycles. The molecule has 4 nitrogen and oxygen atoms in total. The number of amides is 1. The minimum absolute atomic E-state index is 0. The lowest BCUT2D eigenvalue weighted by molar-refractivity contribution is -0.126. The Balaban J connectivity index is 0.00000180. The Kier molecular flexibility index (Phi) is 6.28. The third-order valence-corrected chi connectivity index (χ3v) is 3.27. The second kappa shape index (κ2) is 7.48. The average Bonchev–Trinajstić information content (AvgIpc) is 2.88. The van der Waals surface area contributed by atoms with Crippen LogP contribution in [0.25, 0.3) is 0 Å². The summed E-state index contributed by atoms with van der Waals surface area (Å²) in [5.41, 5.74) is 7.57. The number of aryl methyl sites for hydroxylation is 1. The summed E-state index contributed by atoms with van der Waals surface area (Å²) in [5, 5.41) is 2.90.